The van der Waals surface area contributed by atoms with Crippen molar-refractivity contribution in [3.8, 4) is 5.75 Å². The molecule has 9 heteroatoms. The number of rotatable bonds is 6. The lowest BCUT2D eigenvalue weighted by Gasteiger charge is -2.36. The zero-order valence-corrected chi connectivity index (χ0v) is 20.6. The second-order valence-corrected chi connectivity index (χ2v) is 10.2. The van der Waals surface area contributed by atoms with Crippen LogP contribution >= 0.6 is 11.6 Å². The molecule has 0 aliphatic carbocycles. The van der Waals surface area contributed by atoms with Gasteiger partial charge in [-0.05, 0) is 61.5 Å². The number of nitrogens with one attached hydrogen (secondary N) is 1. The zero-order chi connectivity index (χ0) is 24.3. The number of anilines is 2. The summed E-state index contributed by atoms with van der Waals surface area (Å²) in [6, 6.07) is 19.0. The highest BCUT2D eigenvalue weighted by Gasteiger charge is 2.23. The second-order valence-electron chi connectivity index (χ2n) is 8.09. The van der Waals surface area contributed by atoms with Crippen molar-refractivity contribution in [3.63, 3.8) is 0 Å². The predicted molar refractivity (Wildman–Crippen MR) is 135 cm³/mol. The Hall–Kier alpha value is -3.23. The van der Waals surface area contributed by atoms with Gasteiger partial charge in [0.25, 0.3) is 15.9 Å². The molecule has 0 radical (unpaired) electrons. The SMILES string of the molecule is COc1ccc(N2CCN(C(=O)c3ccc(NS(=O)(=O)c4ccc(C)cc4)c(Cl)c3)CC2)cc1. The zero-order valence-electron chi connectivity index (χ0n) is 19.0. The van der Waals surface area contributed by atoms with Crippen LogP contribution in [-0.4, -0.2) is 52.5 Å². The number of methoxy groups -OCH3 is 1. The van der Waals surface area contributed by atoms with Crippen LogP contribution in [-0.2, 0) is 10.0 Å². The topological polar surface area (TPSA) is 79.0 Å². The fourth-order valence-electron chi connectivity index (χ4n) is 3.80. The number of carbonyl (C=O) groups is 1. The molecule has 1 aliphatic rings. The average molecular weight is 500 g/mol. The maximum atomic E-state index is 13.0. The molecule has 0 unspecified atom stereocenters. The summed E-state index contributed by atoms with van der Waals surface area (Å²) in [4.78, 5) is 17.2. The predicted octanol–water partition coefficient (Wildman–Crippen LogP) is 4.42. The van der Waals surface area contributed by atoms with Crippen LogP contribution in [0.1, 0.15) is 15.9 Å². The van der Waals surface area contributed by atoms with Crippen molar-refractivity contribution in [2.75, 3.05) is 42.9 Å². The molecule has 0 saturated carbocycles. The van der Waals surface area contributed by atoms with Crippen LogP contribution in [0.2, 0.25) is 5.02 Å². The molecule has 1 N–H and O–H groups in total. The summed E-state index contributed by atoms with van der Waals surface area (Å²) in [5.74, 6) is 0.670. The van der Waals surface area contributed by atoms with E-state index in [-0.39, 0.29) is 21.5 Å². The largest absolute Gasteiger partial charge is 0.497 e. The number of aryl methyl sites for hydroxylation is 1. The Morgan fingerprint density at radius 1 is 0.941 bits per heavy atom. The van der Waals surface area contributed by atoms with E-state index in [9.17, 15) is 13.2 Å². The van der Waals surface area contributed by atoms with Crippen LogP contribution in [0.3, 0.4) is 0 Å². The molecular formula is C25H26ClN3O4S. The van der Waals surface area contributed by atoms with Crippen molar-refractivity contribution in [2.45, 2.75) is 11.8 Å². The third kappa shape index (κ3) is 5.29. The molecule has 3 aromatic carbocycles. The molecule has 3 aromatic rings. The van der Waals surface area contributed by atoms with Crippen molar-refractivity contribution in [2.24, 2.45) is 0 Å². The molecule has 7 nitrogen and oxygen atoms in total. The van der Waals surface area contributed by atoms with Gasteiger partial charge in [0.1, 0.15) is 5.75 Å². The molecule has 1 heterocycles. The van der Waals surface area contributed by atoms with E-state index < -0.39 is 10.0 Å². The first kappa shape index (κ1) is 23.9. The first-order valence-corrected chi connectivity index (χ1v) is 12.7. The number of carbonyl (C=O) groups excluding carboxylic acids is 1. The van der Waals surface area contributed by atoms with Gasteiger partial charge in [0, 0.05) is 37.4 Å². The number of nitrogens with zero attached hydrogens (tertiary/aromatic N) is 2. The maximum absolute atomic E-state index is 13.0. The number of benzene rings is 3. The number of hydrogen-bond acceptors (Lipinski definition) is 5. The van der Waals surface area contributed by atoms with Crippen LogP contribution in [0.25, 0.3) is 0 Å². The number of ether oxygens (including phenoxy) is 1. The third-order valence-corrected chi connectivity index (χ3v) is 7.49. The summed E-state index contributed by atoms with van der Waals surface area (Å²) in [5, 5.41) is 0.165. The Balaban J connectivity index is 1.40. The molecule has 34 heavy (non-hydrogen) atoms. The molecular weight excluding hydrogens is 474 g/mol. The van der Waals surface area contributed by atoms with Gasteiger partial charge in [-0.1, -0.05) is 29.3 Å². The standard InChI is InChI=1S/C25H26ClN3O4S/c1-18-3-10-22(11-4-18)34(31,32)27-24-12-5-19(17-23(24)26)25(30)29-15-13-28(14-16-29)20-6-8-21(33-2)9-7-20/h3-12,17,27H,13-16H2,1-2H3. The van der Waals surface area contributed by atoms with Crippen LogP contribution in [0.4, 0.5) is 11.4 Å². The van der Waals surface area contributed by atoms with Gasteiger partial charge in [0.05, 0.1) is 22.7 Å². The van der Waals surface area contributed by atoms with E-state index >= 15 is 0 Å². The van der Waals surface area contributed by atoms with Crippen molar-refractivity contribution >= 4 is 38.9 Å². The molecule has 0 atom stereocenters. The highest BCUT2D eigenvalue weighted by molar-refractivity contribution is 7.92. The van der Waals surface area contributed by atoms with E-state index in [4.69, 9.17) is 16.3 Å². The van der Waals surface area contributed by atoms with E-state index in [2.05, 4.69) is 9.62 Å². The van der Waals surface area contributed by atoms with Gasteiger partial charge in [-0.15, -0.1) is 0 Å². The number of halogens is 1. The lowest BCUT2D eigenvalue weighted by Crippen LogP contribution is -2.48. The molecule has 1 aliphatic heterocycles. The Morgan fingerprint density at radius 2 is 1.59 bits per heavy atom. The lowest BCUT2D eigenvalue weighted by molar-refractivity contribution is 0.0747. The van der Waals surface area contributed by atoms with Crippen LogP contribution in [0, 0.1) is 6.92 Å². The van der Waals surface area contributed by atoms with Crippen LogP contribution < -0.4 is 14.4 Å². The fourth-order valence-corrected chi connectivity index (χ4v) is 5.16. The molecule has 1 amide bonds. The molecule has 4 rings (SSSR count). The smallest absolute Gasteiger partial charge is 0.261 e. The van der Waals surface area contributed by atoms with Crippen LogP contribution in [0.5, 0.6) is 5.75 Å². The van der Waals surface area contributed by atoms with Gasteiger partial charge in [-0.25, -0.2) is 8.42 Å². The third-order valence-electron chi connectivity index (χ3n) is 5.80. The summed E-state index contributed by atoms with van der Waals surface area (Å²) in [6.07, 6.45) is 0. The van der Waals surface area contributed by atoms with Crippen LogP contribution in [0.15, 0.2) is 71.6 Å². The molecule has 178 valence electrons. The second kappa shape index (κ2) is 9.95. The van der Waals surface area contributed by atoms with E-state index in [1.807, 2.05) is 31.2 Å². The number of sulfonamides is 1. The summed E-state index contributed by atoms with van der Waals surface area (Å²) in [5.41, 5.74) is 2.69. The monoisotopic (exact) mass is 499 g/mol. The van der Waals surface area contributed by atoms with E-state index in [0.717, 1.165) is 17.0 Å². The van der Waals surface area contributed by atoms with E-state index in [0.29, 0.717) is 31.7 Å². The first-order valence-electron chi connectivity index (χ1n) is 10.8. The maximum Gasteiger partial charge on any atom is 0.261 e. The Morgan fingerprint density at radius 3 is 2.18 bits per heavy atom. The van der Waals surface area contributed by atoms with Gasteiger partial charge >= 0.3 is 0 Å². The Kier molecular flexibility index (Phi) is 7.00. The van der Waals surface area contributed by atoms with Crippen molar-refractivity contribution in [1.82, 2.24) is 4.90 Å². The van der Waals surface area contributed by atoms with E-state index in [1.165, 1.54) is 24.3 Å². The Bertz CT molecular complexity index is 1270. The average Bonchev–Trinajstić information content (AvgIpc) is 2.85. The van der Waals surface area contributed by atoms with E-state index in [1.54, 1.807) is 30.2 Å². The van der Waals surface area contributed by atoms with Crippen molar-refractivity contribution < 1.29 is 17.9 Å². The van der Waals surface area contributed by atoms with Gasteiger partial charge in [0.2, 0.25) is 0 Å². The quantitative estimate of drug-likeness (QED) is 0.543. The Labute approximate surface area is 205 Å². The minimum absolute atomic E-state index is 0.135. The molecule has 0 aromatic heterocycles. The van der Waals surface area contributed by atoms with Gasteiger partial charge in [-0.2, -0.15) is 0 Å². The minimum atomic E-state index is -3.79. The van der Waals surface area contributed by atoms with Gasteiger partial charge in [0.15, 0.2) is 0 Å². The number of hydrogen-bond donors (Lipinski definition) is 1. The van der Waals surface area contributed by atoms with Crippen molar-refractivity contribution in [3.05, 3.63) is 82.9 Å². The number of amides is 1. The summed E-state index contributed by atoms with van der Waals surface area (Å²) in [7, 11) is -2.15. The highest BCUT2D eigenvalue weighted by atomic mass is 35.5. The molecule has 1 fully saturated rings. The lowest BCUT2D eigenvalue weighted by atomic mass is 10.1. The summed E-state index contributed by atoms with van der Waals surface area (Å²) < 4.78 is 33.0. The van der Waals surface area contributed by atoms with Gasteiger partial charge in [-0.3, -0.25) is 9.52 Å². The highest BCUT2D eigenvalue weighted by Crippen LogP contribution is 2.27. The molecule has 0 bridgehead atoms. The summed E-state index contributed by atoms with van der Waals surface area (Å²) >= 11 is 6.34. The minimum Gasteiger partial charge on any atom is -0.497 e. The molecule has 0 spiro atoms. The molecule has 1 saturated heterocycles. The first-order chi connectivity index (χ1) is 16.3. The van der Waals surface area contributed by atoms with Gasteiger partial charge < -0.3 is 14.5 Å². The normalized spacial score (nSPS) is 14.1. The van der Waals surface area contributed by atoms with Crippen molar-refractivity contribution in [1.29, 1.82) is 0 Å². The summed E-state index contributed by atoms with van der Waals surface area (Å²) in [6.45, 7) is 4.45. The number of piperazine rings is 1. The fraction of sp³-hybridized carbons (Fsp3) is 0.240.